The van der Waals surface area contributed by atoms with Crippen LogP contribution in [-0.2, 0) is 0 Å². The smallest absolute Gasteiger partial charge is 0 e. The van der Waals surface area contributed by atoms with E-state index in [4.69, 9.17) is 0 Å². The van der Waals surface area contributed by atoms with Crippen LogP contribution in [-0.4, -0.2) is 0 Å². The summed E-state index contributed by atoms with van der Waals surface area (Å²) in [6.45, 7) is 13.2. The summed E-state index contributed by atoms with van der Waals surface area (Å²) in [6.07, 6.45) is 0. The van der Waals surface area contributed by atoms with Crippen molar-refractivity contribution in [2.75, 3.05) is 0 Å². The van der Waals surface area contributed by atoms with Crippen LogP contribution in [0.3, 0.4) is 0 Å². The predicted molar refractivity (Wildman–Crippen MR) is 108 cm³/mol. The fraction of sp³-hybridized carbons (Fsp3) is 0.375. The molecule has 25 heavy (non-hydrogen) atoms. The van der Waals surface area contributed by atoms with E-state index in [1.165, 1.54) is 16.7 Å². The maximum absolute atomic E-state index is 2.20. The molecular formula is C24H33La-3. The van der Waals surface area contributed by atoms with Crippen LogP contribution in [0.2, 0.25) is 0 Å². The second-order valence-electron chi connectivity index (χ2n) is 7.12. The van der Waals surface area contributed by atoms with Gasteiger partial charge in [0.25, 0.3) is 0 Å². The van der Waals surface area contributed by atoms with Gasteiger partial charge in [0.05, 0.1) is 0 Å². The van der Waals surface area contributed by atoms with Crippen LogP contribution in [0.4, 0.5) is 0 Å². The van der Waals surface area contributed by atoms with Crippen molar-refractivity contribution in [1.82, 2.24) is 0 Å². The summed E-state index contributed by atoms with van der Waals surface area (Å²) in [7, 11) is 0. The molecule has 0 aliphatic carbocycles. The number of rotatable bonds is 3. The first-order chi connectivity index (χ1) is 11.4. The quantitative estimate of drug-likeness (QED) is 0.353. The molecule has 0 fully saturated rings. The Morgan fingerprint density at radius 3 is 0.640 bits per heavy atom. The zero-order chi connectivity index (χ0) is 17.9. The van der Waals surface area contributed by atoms with Crippen molar-refractivity contribution >= 4 is 0 Å². The van der Waals surface area contributed by atoms with Crippen LogP contribution >= 0.6 is 0 Å². The van der Waals surface area contributed by atoms with Crippen molar-refractivity contribution < 1.29 is 35.6 Å². The third-order valence-corrected chi connectivity index (χ3v) is 4.07. The van der Waals surface area contributed by atoms with Crippen LogP contribution in [0.15, 0.2) is 72.8 Å². The molecule has 0 atom stereocenters. The molecule has 1 radical (unpaired) electrons. The SMILES string of the molecule is CC(C)[c-]1cccc1.CC(C)[c-]1cccc1.CC(C)[c-]1cccc1.[La]. The second kappa shape index (κ2) is 13.4. The van der Waals surface area contributed by atoms with Gasteiger partial charge in [0, 0.05) is 35.6 Å². The summed E-state index contributed by atoms with van der Waals surface area (Å²) in [4.78, 5) is 0. The van der Waals surface area contributed by atoms with E-state index in [1.807, 2.05) is 0 Å². The first-order valence-electron chi connectivity index (χ1n) is 9.06. The monoisotopic (exact) mass is 460 g/mol. The Balaban J connectivity index is 0.000000339. The van der Waals surface area contributed by atoms with Crippen molar-refractivity contribution in [2.24, 2.45) is 0 Å². The Kier molecular flexibility index (Phi) is 13.0. The van der Waals surface area contributed by atoms with Crippen molar-refractivity contribution in [3.8, 4) is 0 Å². The molecule has 0 aliphatic rings. The molecule has 0 saturated heterocycles. The zero-order valence-electron chi connectivity index (χ0n) is 16.7. The van der Waals surface area contributed by atoms with Crippen molar-refractivity contribution in [1.29, 1.82) is 0 Å². The van der Waals surface area contributed by atoms with Gasteiger partial charge < -0.3 is 0 Å². The van der Waals surface area contributed by atoms with Crippen LogP contribution in [0.1, 0.15) is 76.0 Å². The van der Waals surface area contributed by atoms with E-state index in [1.54, 1.807) is 0 Å². The van der Waals surface area contributed by atoms with E-state index in [-0.39, 0.29) is 35.6 Å². The minimum atomic E-state index is 0. The molecule has 0 spiro atoms. The van der Waals surface area contributed by atoms with Gasteiger partial charge in [0.15, 0.2) is 0 Å². The molecule has 0 bridgehead atoms. The molecule has 0 amide bonds. The third kappa shape index (κ3) is 10.1. The van der Waals surface area contributed by atoms with E-state index in [9.17, 15) is 0 Å². The largest absolute Gasteiger partial charge is 0.213 e. The molecule has 1 heteroatoms. The van der Waals surface area contributed by atoms with Gasteiger partial charge in [-0.2, -0.15) is 53.1 Å². The van der Waals surface area contributed by atoms with E-state index in [2.05, 4.69) is 114 Å². The van der Waals surface area contributed by atoms with Crippen LogP contribution in [0.25, 0.3) is 0 Å². The van der Waals surface area contributed by atoms with Gasteiger partial charge in [-0.15, -0.1) is 0 Å². The molecule has 0 saturated carbocycles. The van der Waals surface area contributed by atoms with Crippen molar-refractivity contribution in [3.05, 3.63) is 89.5 Å². The predicted octanol–water partition coefficient (Wildman–Crippen LogP) is 7.59. The normalized spacial score (nSPS) is 9.96. The molecule has 0 nitrogen and oxygen atoms in total. The third-order valence-electron chi connectivity index (χ3n) is 4.07. The molecule has 3 aromatic carbocycles. The molecule has 0 unspecified atom stereocenters. The van der Waals surface area contributed by atoms with E-state index in [0.717, 1.165) is 0 Å². The molecule has 0 N–H and O–H groups in total. The summed E-state index contributed by atoms with van der Waals surface area (Å²) in [5.74, 6) is 2.06. The Labute approximate surface area is 183 Å². The first-order valence-corrected chi connectivity index (χ1v) is 9.06. The summed E-state index contributed by atoms with van der Waals surface area (Å²) >= 11 is 0. The van der Waals surface area contributed by atoms with E-state index < -0.39 is 0 Å². The van der Waals surface area contributed by atoms with Gasteiger partial charge >= 0.3 is 0 Å². The zero-order valence-corrected chi connectivity index (χ0v) is 20.4. The van der Waals surface area contributed by atoms with Crippen molar-refractivity contribution in [3.63, 3.8) is 0 Å². The second-order valence-corrected chi connectivity index (χ2v) is 7.12. The van der Waals surface area contributed by atoms with Gasteiger partial charge in [0.1, 0.15) is 0 Å². The van der Waals surface area contributed by atoms with E-state index >= 15 is 0 Å². The van der Waals surface area contributed by atoms with Crippen LogP contribution in [0, 0.1) is 35.6 Å². The molecule has 0 heterocycles. The van der Waals surface area contributed by atoms with Gasteiger partial charge in [-0.3, -0.25) is 0 Å². The topological polar surface area (TPSA) is 0 Å². The first kappa shape index (κ1) is 24.2. The fourth-order valence-corrected chi connectivity index (χ4v) is 2.32. The Bertz CT molecular complexity index is 502. The molecular weight excluding hydrogens is 427 g/mol. The average molecular weight is 460 g/mol. The Morgan fingerprint density at radius 1 is 0.400 bits per heavy atom. The Morgan fingerprint density at radius 2 is 0.560 bits per heavy atom. The van der Waals surface area contributed by atoms with Gasteiger partial charge in [-0.1, -0.05) is 59.3 Å². The summed E-state index contributed by atoms with van der Waals surface area (Å²) < 4.78 is 0. The van der Waals surface area contributed by atoms with Gasteiger partial charge in [0.2, 0.25) is 0 Å². The molecule has 3 rings (SSSR count). The molecule has 0 aromatic heterocycles. The molecule has 3 aromatic rings. The van der Waals surface area contributed by atoms with Crippen LogP contribution < -0.4 is 0 Å². The summed E-state index contributed by atoms with van der Waals surface area (Å²) in [5.41, 5.74) is 4.31. The maximum Gasteiger partial charge on any atom is 0 e. The van der Waals surface area contributed by atoms with Gasteiger partial charge in [-0.05, 0) is 0 Å². The summed E-state index contributed by atoms with van der Waals surface area (Å²) in [6, 6.07) is 25.4. The van der Waals surface area contributed by atoms with Crippen molar-refractivity contribution in [2.45, 2.75) is 59.3 Å². The average Bonchev–Trinajstić information content (AvgIpc) is 3.29. The number of hydrogen-bond acceptors (Lipinski definition) is 0. The molecule has 0 aliphatic heterocycles. The number of hydrogen-bond donors (Lipinski definition) is 0. The fourth-order valence-electron chi connectivity index (χ4n) is 2.32. The molecule has 135 valence electrons. The van der Waals surface area contributed by atoms with Crippen LogP contribution in [0.5, 0.6) is 0 Å². The standard InChI is InChI=1S/3C8H11.La/c3*1-7(2)8-5-3-4-6-8;/h3*3-7H,1-2H3;/q3*-1;. The minimum Gasteiger partial charge on any atom is -0.213 e. The van der Waals surface area contributed by atoms with E-state index in [0.29, 0.717) is 17.8 Å². The Hall–Kier alpha value is -0.755. The minimum absolute atomic E-state index is 0. The maximum atomic E-state index is 2.20. The van der Waals surface area contributed by atoms with Gasteiger partial charge in [-0.25, -0.2) is 36.4 Å². The summed E-state index contributed by atoms with van der Waals surface area (Å²) in [5, 5.41) is 0.